The van der Waals surface area contributed by atoms with E-state index in [-0.39, 0.29) is 15.6 Å². The number of halogens is 3. The van der Waals surface area contributed by atoms with Gasteiger partial charge in [-0.15, -0.1) is 11.8 Å². The average molecular weight is 524 g/mol. The number of nitrogens with zero attached hydrogens (tertiary/aromatic N) is 2. The molecule has 1 N–H and O–H groups in total. The zero-order chi connectivity index (χ0) is 22.8. The Balaban J connectivity index is 1.95. The van der Waals surface area contributed by atoms with E-state index in [2.05, 4.69) is 0 Å². The summed E-state index contributed by atoms with van der Waals surface area (Å²) in [5.41, 5.74) is 0.266. The predicted octanol–water partition coefficient (Wildman–Crippen LogP) is 5.08. The molecule has 1 saturated heterocycles. The first-order valence-electron chi connectivity index (χ1n) is 9.45. The number of anilines is 1. The fourth-order valence-electron chi connectivity index (χ4n) is 3.41. The van der Waals surface area contributed by atoms with Gasteiger partial charge in [0.15, 0.2) is 5.37 Å². The van der Waals surface area contributed by atoms with Gasteiger partial charge in [-0.05, 0) is 55.8 Å². The molecule has 0 bridgehead atoms. The molecule has 0 spiro atoms. The number of carbonyl (C=O) groups is 1. The molecule has 2 aromatic rings. The summed E-state index contributed by atoms with van der Waals surface area (Å²) in [5.74, 6) is -0.170. The van der Waals surface area contributed by atoms with E-state index in [1.807, 2.05) is 4.90 Å². The predicted molar refractivity (Wildman–Crippen MR) is 127 cm³/mol. The van der Waals surface area contributed by atoms with Gasteiger partial charge >= 0.3 is 5.97 Å². The third-order valence-electron chi connectivity index (χ3n) is 4.95. The lowest BCUT2D eigenvalue weighted by atomic mass is 10.2. The molecule has 2 atom stereocenters. The van der Waals surface area contributed by atoms with Crippen molar-refractivity contribution in [3.05, 3.63) is 57.5 Å². The van der Waals surface area contributed by atoms with Crippen molar-refractivity contribution in [2.24, 2.45) is 0 Å². The Morgan fingerprint density at radius 1 is 1.19 bits per heavy atom. The van der Waals surface area contributed by atoms with Crippen LogP contribution in [0.4, 0.5) is 5.69 Å². The highest BCUT2D eigenvalue weighted by atomic mass is 35.5. The number of thioether (sulfide) groups is 1. The Morgan fingerprint density at radius 2 is 1.84 bits per heavy atom. The van der Waals surface area contributed by atoms with Crippen LogP contribution in [0.15, 0.2) is 47.4 Å². The number of rotatable bonds is 8. The van der Waals surface area contributed by atoms with Crippen LogP contribution in [0.3, 0.4) is 0 Å². The zero-order valence-electron chi connectivity index (χ0n) is 16.5. The van der Waals surface area contributed by atoms with Crippen LogP contribution in [0.25, 0.3) is 0 Å². The van der Waals surface area contributed by atoms with Gasteiger partial charge in [-0.1, -0.05) is 34.8 Å². The molecule has 1 aliphatic heterocycles. The van der Waals surface area contributed by atoms with Gasteiger partial charge in [-0.25, -0.2) is 13.2 Å². The van der Waals surface area contributed by atoms with Crippen molar-refractivity contribution in [2.45, 2.75) is 29.7 Å². The van der Waals surface area contributed by atoms with Crippen LogP contribution in [0.5, 0.6) is 0 Å². The number of carboxylic acid groups (broad SMARTS) is 1. The summed E-state index contributed by atoms with van der Waals surface area (Å²) in [6, 6.07) is 10.0. The highest BCUT2D eigenvalue weighted by molar-refractivity contribution is 8.00. The normalized spacial score (nSPS) is 18.1. The smallest absolute Gasteiger partial charge is 0.331 e. The molecule has 3 rings (SSSR count). The van der Waals surface area contributed by atoms with E-state index in [1.165, 1.54) is 46.4 Å². The summed E-state index contributed by atoms with van der Waals surface area (Å²) >= 11 is 19.8. The number of hydrogen-bond donors (Lipinski definition) is 1. The van der Waals surface area contributed by atoms with Gasteiger partial charge in [-0.2, -0.15) is 0 Å². The largest absolute Gasteiger partial charge is 0.479 e. The Kier molecular flexibility index (Phi) is 8.05. The lowest BCUT2D eigenvalue weighted by Crippen LogP contribution is -2.42. The summed E-state index contributed by atoms with van der Waals surface area (Å²) in [6.07, 6.45) is 0.403. The van der Waals surface area contributed by atoms with Crippen molar-refractivity contribution in [1.29, 1.82) is 0 Å². The van der Waals surface area contributed by atoms with Crippen molar-refractivity contribution in [2.75, 3.05) is 23.1 Å². The van der Waals surface area contributed by atoms with Crippen LogP contribution in [-0.4, -0.2) is 54.7 Å². The minimum absolute atomic E-state index is 0.0694. The maximum atomic E-state index is 13.6. The molecular weight excluding hydrogens is 503 g/mol. The van der Waals surface area contributed by atoms with Crippen LogP contribution in [-0.2, 0) is 14.8 Å². The van der Waals surface area contributed by atoms with Crippen molar-refractivity contribution >= 4 is 68.2 Å². The lowest BCUT2D eigenvalue weighted by molar-refractivity contribution is -0.139. The number of benzene rings is 2. The number of carboxylic acids is 1. The minimum atomic E-state index is -3.99. The van der Waals surface area contributed by atoms with Crippen molar-refractivity contribution in [3.8, 4) is 0 Å². The number of aliphatic carboxylic acids is 1. The molecule has 0 saturated carbocycles. The van der Waals surface area contributed by atoms with E-state index < -0.39 is 27.4 Å². The Morgan fingerprint density at radius 3 is 2.48 bits per heavy atom. The second kappa shape index (κ2) is 10.2. The molecule has 0 aliphatic carbocycles. The van der Waals surface area contributed by atoms with Crippen LogP contribution < -0.4 is 4.31 Å². The number of hydrogen-bond acceptors (Lipinski definition) is 5. The van der Waals surface area contributed by atoms with Gasteiger partial charge < -0.3 is 5.11 Å². The van der Waals surface area contributed by atoms with Crippen LogP contribution in [0.1, 0.15) is 13.3 Å². The molecule has 0 aromatic heterocycles. The summed E-state index contributed by atoms with van der Waals surface area (Å²) in [6.45, 7) is 2.83. The van der Waals surface area contributed by atoms with Gasteiger partial charge in [0.1, 0.15) is 0 Å². The van der Waals surface area contributed by atoms with E-state index >= 15 is 0 Å². The number of sulfonamides is 1. The van der Waals surface area contributed by atoms with Crippen molar-refractivity contribution < 1.29 is 18.3 Å². The quantitative estimate of drug-likeness (QED) is 0.520. The van der Waals surface area contributed by atoms with Crippen LogP contribution in [0, 0.1) is 0 Å². The molecule has 31 heavy (non-hydrogen) atoms. The molecule has 2 unspecified atom stereocenters. The first-order valence-corrected chi connectivity index (χ1v) is 13.1. The molecular formula is C20H21Cl3N2O4S2. The van der Waals surface area contributed by atoms with Gasteiger partial charge in [0.25, 0.3) is 10.0 Å². The monoisotopic (exact) mass is 522 g/mol. The molecule has 2 aromatic carbocycles. The first kappa shape index (κ1) is 24.5. The molecule has 1 aliphatic rings. The fraction of sp³-hybridized carbons (Fsp3) is 0.350. The van der Waals surface area contributed by atoms with Crippen molar-refractivity contribution in [1.82, 2.24) is 4.90 Å². The summed E-state index contributed by atoms with van der Waals surface area (Å²) < 4.78 is 28.4. The van der Waals surface area contributed by atoms with Gasteiger partial charge in [0.2, 0.25) is 0 Å². The molecule has 1 fully saturated rings. The highest BCUT2D eigenvalue weighted by Gasteiger charge is 2.34. The van der Waals surface area contributed by atoms with E-state index in [4.69, 9.17) is 34.8 Å². The summed E-state index contributed by atoms with van der Waals surface area (Å²) in [5, 5.41) is 9.79. The fourth-order valence-corrected chi connectivity index (χ4v) is 6.78. The van der Waals surface area contributed by atoms with Crippen molar-refractivity contribution in [3.63, 3.8) is 0 Å². The van der Waals surface area contributed by atoms with E-state index in [0.717, 1.165) is 5.75 Å². The van der Waals surface area contributed by atoms with Gasteiger partial charge in [-0.3, -0.25) is 9.21 Å². The van der Waals surface area contributed by atoms with Crippen LogP contribution in [0.2, 0.25) is 15.1 Å². The maximum absolute atomic E-state index is 13.6. The summed E-state index contributed by atoms with van der Waals surface area (Å²) in [7, 11) is -3.99. The maximum Gasteiger partial charge on any atom is 0.331 e. The van der Waals surface area contributed by atoms with E-state index in [0.29, 0.717) is 29.6 Å². The molecule has 1 heterocycles. The molecule has 0 radical (unpaired) electrons. The van der Waals surface area contributed by atoms with E-state index in [9.17, 15) is 18.3 Å². The third kappa shape index (κ3) is 5.61. The first-order chi connectivity index (χ1) is 14.6. The molecule has 0 amide bonds. The molecule has 6 nitrogen and oxygen atoms in total. The Hall–Kier alpha value is -1.16. The van der Waals surface area contributed by atoms with Crippen LogP contribution >= 0.6 is 46.6 Å². The zero-order valence-corrected chi connectivity index (χ0v) is 20.4. The molecule has 11 heteroatoms. The second-order valence-electron chi connectivity index (χ2n) is 7.09. The third-order valence-corrected chi connectivity index (χ3v) is 8.93. The topological polar surface area (TPSA) is 77.9 Å². The SMILES string of the molecule is CC(CCN1CCSC1C(=O)O)N(c1cc(Cl)ccc1Cl)S(=O)(=O)c1ccc(Cl)cc1. The minimum Gasteiger partial charge on any atom is -0.479 e. The summed E-state index contributed by atoms with van der Waals surface area (Å²) in [4.78, 5) is 13.4. The Bertz CT molecular complexity index is 1050. The standard InChI is InChI=1S/C20H21Cl3N2O4S2/c1-13(8-9-24-10-11-30-19(24)20(26)27)25(18-12-15(22)4-7-17(18)23)31(28,29)16-5-2-14(21)3-6-16/h2-7,12-13,19H,8-11H2,1H3,(H,26,27). The Labute approximate surface area is 201 Å². The van der Waals surface area contributed by atoms with Gasteiger partial charge in [0, 0.05) is 34.9 Å². The lowest BCUT2D eigenvalue weighted by Gasteiger charge is -2.32. The molecule has 168 valence electrons. The average Bonchev–Trinajstić information content (AvgIpc) is 3.18. The van der Waals surface area contributed by atoms with E-state index in [1.54, 1.807) is 19.1 Å². The second-order valence-corrected chi connectivity index (χ2v) is 11.4. The van der Waals surface area contributed by atoms with Gasteiger partial charge in [0.05, 0.1) is 15.6 Å². The highest BCUT2D eigenvalue weighted by Crippen LogP contribution is 2.36.